The smallest absolute Gasteiger partial charge is 0.267 e. The fraction of sp³-hybridized carbons (Fsp3) is 0. The van der Waals surface area contributed by atoms with Crippen molar-refractivity contribution in [2.45, 2.75) is 0 Å². The van der Waals surface area contributed by atoms with E-state index in [1.165, 1.54) is 54.9 Å². The van der Waals surface area contributed by atoms with Crippen molar-refractivity contribution in [2.75, 3.05) is 0 Å². The lowest BCUT2D eigenvalue weighted by Gasteiger charge is -2.06. The minimum absolute atomic E-state index is 0.151. The van der Waals surface area contributed by atoms with Crippen molar-refractivity contribution in [3.63, 3.8) is 0 Å². The zero-order chi connectivity index (χ0) is 26.9. The minimum Gasteiger partial charge on any atom is -0.267 e. The first kappa shape index (κ1) is 27.8. The van der Waals surface area contributed by atoms with Gasteiger partial charge in [-0.1, -0.05) is 58.5 Å². The van der Waals surface area contributed by atoms with Crippen molar-refractivity contribution >= 4 is 82.4 Å². The Bertz CT molecular complexity index is 1360. The molecule has 0 aliphatic rings. The van der Waals surface area contributed by atoms with Crippen LogP contribution in [0.25, 0.3) is 6.08 Å². The standard InChI is InChI=1S/C24H15Cl4N5O4/c25-17-5-3-15(21(27)10-17)12-29-31-23(34)20(9-14-1-7-19(8-2-14)33(36)37)24(35)32-30-13-16-4-6-18(26)11-22(16)28/h1-13H,(H,31,34)(H,32,35). The quantitative estimate of drug-likeness (QED) is 0.0862. The molecule has 0 bridgehead atoms. The van der Waals surface area contributed by atoms with Crippen molar-refractivity contribution < 1.29 is 14.5 Å². The van der Waals surface area contributed by atoms with Crippen molar-refractivity contribution in [3.05, 3.63) is 113 Å². The maximum absolute atomic E-state index is 12.8. The molecular formula is C24H15Cl4N5O4. The van der Waals surface area contributed by atoms with E-state index in [0.717, 1.165) is 0 Å². The fourth-order valence-corrected chi connectivity index (χ4v) is 3.66. The number of carbonyl (C=O) groups excluding carboxylic acids is 2. The largest absolute Gasteiger partial charge is 0.277 e. The molecule has 0 spiro atoms. The lowest BCUT2D eigenvalue weighted by molar-refractivity contribution is -0.384. The van der Waals surface area contributed by atoms with Crippen molar-refractivity contribution in [2.24, 2.45) is 10.2 Å². The summed E-state index contributed by atoms with van der Waals surface area (Å²) < 4.78 is 0. The van der Waals surface area contributed by atoms with Crippen LogP contribution in [0, 0.1) is 10.1 Å². The zero-order valence-electron chi connectivity index (χ0n) is 18.5. The molecule has 9 nitrogen and oxygen atoms in total. The van der Waals surface area contributed by atoms with Gasteiger partial charge >= 0.3 is 0 Å². The molecule has 0 aromatic heterocycles. The molecule has 0 saturated carbocycles. The second kappa shape index (κ2) is 13.0. The number of hydrogen-bond acceptors (Lipinski definition) is 6. The van der Waals surface area contributed by atoms with Crippen molar-refractivity contribution in [3.8, 4) is 0 Å². The van der Waals surface area contributed by atoms with Gasteiger partial charge in [-0.15, -0.1) is 0 Å². The first-order valence-corrected chi connectivity index (χ1v) is 11.7. The van der Waals surface area contributed by atoms with E-state index in [0.29, 0.717) is 36.8 Å². The summed E-state index contributed by atoms with van der Waals surface area (Å²) >= 11 is 23.9. The van der Waals surface area contributed by atoms with Gasteiger partial charge in [0.25, 0.3) is 17.5 Å². The highest BCUT2D eigenvalue weighted by Crippen LogP contribution is 2.20. The van der Waals surface area contributed by atoms with Gasteiger partial charge in [-0.2, -0.15) is 10.2 Å². The number of halogens is 4. The van der Waals surface area contributed by atoms with Crippen LogP contribution in [0.3, 0.4) is 0 Å². The van der Waals surface area contributed by atoms with Gasteiger partial charge in [0.1, 0.15) is 5.57 Å². The molecule has 0 unspecified atom stereocenters. The number of nitrogens with zero attached hydrogens (tertiary/aromatic N) is 3. The van der Waals surface area contributed by atoms with E-state index >= 15 is 0 Å². The molecule has 0 aliphatic heterocycles. The van der Waals surface area contributed by atoms with E-state index in [-0.39, 0.29) is 11.3 Å². The number of nitrogens with one attached hydrogen (secondary N) is 2. The molecule has 3 aromatic rings. The average Bonchev–Trinajstić information content (AvgIpc) is 2.85. The van der Waals surface area contributed by atoms with Gasteiger partial charge in [-0.3, -0.25) is 19.7 Å². The van der Waals surface area contributed by atoms with Gasteiger partial charge in [0.05, 0.1) is 27.4 Å². The van der Waals surface area contributed by atoms with Gasteiger partial charge < -0.3 is 0 Å². The molecule has 13 heteroatoms. The number of hydrogen-bond donors (Lipinski definition) is 2. The second-order valence-corrected chi connectivity index (χ2v) is 8.82. The summed E-state index contributed by atoms with van der Waals surface area (Å²) in [6, 6.07) is 14.6. The van der Waals surface area contributed by atoms with E-state index in [1.807, 2.05) is 0 Å². The second-order valence-electron chi connectivity index (χ2n) is 7.14. The highest BCUT2D eigenvalue weighted by Gasteiger charge is 2.18. The number of rotatable bonds is 8. The fourth-order valence-electron chi connectivity index (χ4n) is 2.75. The van der Waals surface area contributed by atoms with E-state index in [9.17, 15) is 19.7 Å². The van der Waals surface area contributed by atoms with Gasteiger partial charge in [0.15, 0.2) is 0 Å². The molecule has 0 radical (unpaired) electrons. The predicted molar refractivity (Wildman–Crippen MR) is 145 cm³/mol. The van der Waals surface area contributed by atoms with E-state index < -0.39 is 16.7 Å². The number of benzene rings is 3. The number of carbonyl (C=O) groups is 2. The van der Waals surface area contributed by atoms with Crippen LogP contribution < -0.4 is 10.9 Å². The number of amides is 2. The number of non-ortho nitro benzene ring substituents is 1. The molecule has 188 valence electrons. The SMILES string of the molecule is O=C(NN=Cc1ccc(Cl)cc1Cl)C(=Cc1ccc([N+](=O)[O-])cc1)C(=O)NN=Cc1ccc(Cl)cc1Cl. The lowest BCUT2D eigenvalue weighted by Crippen LogP contribution is -2.30. The highest BCUT2D eigenvalue weighted by atomic mass is 35.5. The maximum Gasteiger partial charge on any atom is 0.277 e. The molecule has 3 aromatic carbocycles. The molecular weight excluding hydrogens is 564 g/mol. The Morgan fingerprint density at radius 1 is 0.757 bits per heavy atom. The summed E-state index contributed by atoms with van der Waals surface area (Å²) in [5, 5.41) is 20.0. The molecule has 2 N–H and O–H groups in total. The number of nitro groups is 1. The van der Waals surface area contributed by atoms with Crippen LogP contribution in [0.1, 0.15) is 16.7 Å². The van der Waals surface area contributed by atoms with Crippen LogP contribution >= 0.6 is 46.4 Å². The van der Waals surface area contributed by atoms with Crippen LogP contribution in [0.2, 0.25) is 20.1 Å². The third kappa shape index (κ3) is 8.12. The van der Waals surface area contributed by atoms with Gasteiger partial charge in [0, 0.05) is 33.3 Å². The van der Waals surface area contributed by atoms with Crippen LogP contribution in [0.15, 0.2) is 76.4 Å². The van der Waals surface area contributed by atoms with Gasteiger partial charge in [-0.05, 0) is 48.0 Å². The average molecular weight is 579 g/mol. The Kier molecular flexibility index (Phi) is 9.76. The summed E-state index contributed by atoms with van der Waals surface area (Å²) in [6.07, 6.45) is 3.78. The zero-order valence-corrected chi connectivity index (χ0v) is 21.5. The van der Waals surface area contributed by atoms with Gasteiger partial charge in [-0.25, -0.2) is 10.9 Å². The summed E-state index contributed by atoms with van der Waals surface area (Å²) in [5.41, 5.74) is 5.24. The molecule has 37 heavy (non-hydrogen) atoms. The minimum atomic E-state index is -0.878. The normalized spacial score (nSPS) is 10.9. The molecule has 0 fully saturated rings. The third-order valence-electron chi connectivity index (χ3n) is 4.57. The number of nitro benzene ring substituents is 1. The first-order chi connectivity index (χ1) is 17.6. The van der Waals surface area contributed by atoms with E-state index in [1.54, 1.807) is 24.3 Å². The first-order valence-electron chi connectivity index (χ1n) is 10.2. The molecule has 0 heterocycles. The summed E-state index contributed by atoms with van der Waals surface area (Å²) in [6.45, 7) is 0. The van der Waals surface area contributed by atoms with E-state index in [4.69, 9.17) is 46.4 Å². The summed E-state index contributed by atoms with van der Waals surface area (Å²) in [7, 11) is 0. The Morgan fingerprint density at radius 3 is 1.62 bits per heavy atom. The van der Waals surface area contributed by atoms with E-state index in [2.05, 4.69) is 21.1 Å². The maximum atomic E-state index is 12.8. The molecule has 0 saturated heterocycles. The molecule has 2 amide bonds. The monoisotopic (exact) mass is 577 g/mol. The van der Waals surface area contributed by atoms with Gasteiger partial charge in [0.2, 0.25) is 0 Å². The molecule has 3 rings (SSSR count). The van der Waals surface area contributed by atoms with Crippen molar-refractivity contribution in [1.82, 2.24) is 10.9 Å². The Labute approximate surface area is 230 Å². The van der Waals surface area contributed by atoms with Crippen molar-refractivity contribution in [1.29, 1.82) is 0 Å². The Morgan fingerprint density at radius 2 is 1.22 bits per heavy atom. The molecule has 0 atom stereocenters. The van der Waals surface area contributed by atoms with Crippen LogP contribution in [-0.4, -0.2) is 29.2 Å². The molecule has 0 aliphatic carbocycles. The summed E-state index contributed by atoms with van der Waals surface area (Å²) in [5.74, 6) is -1.76. The predicted octanol–water partition coefficient (Wildman–Crippen LogP) is 5.89. The van der Waals surface area contributed by atoms with Crippen LogP contribution in [0.4, 0.5) is 5.69 Å². The Balaban J connectivity index is 1.82. The lowest BCUT2D eigenvalue weighted by atomic mass is 10.1. The number of hydrazone groups is 2. The summed E-state index contributed by atoms with van der Waals surface area (Å²) in [4.78, 5) is 36.0. The Hall–Kier alpha value is -3.76. The third-order valence-corrected chi connectivity index (χ3v) is 5.69. The highest BCUT2D eigenvalue weighted by molar-refractivity contribution is 6.36. The van der Waals surface area contributed by atoms with Crippen LogP contribution in [-0.2, 0) is 9.59 Å². The topological polar surface area (TPSA) is 126 Å². The van der Waals surface area contributed by atoms with Crippen LogP contribution in [0.5, 0.6) is 0 Å².